The van der Waals surface area contributed by atoms with Gasteiger partial charge >= 0.3 is 0 Å². The molecule has 5 heteroatoms. The summed E-state index contributed by atoms with van der Waals surface area (Å²) in [6.07, 6.45) is 2.73. The highest BCUT2D eigenvalue weighted by Gasteiger charge is 2.03. The Morgan fingerprint density at radius 1 is 1.39 bits per heavy atom. The van der Waals surface area contributed by atoms with Crippen LogP contribution in [0.1, 0.15) is 5.56 Å². The highest BCUT2D eigenvalue weighted by atomic mass is 19.1. The van der Waals surface area contributed by atoms with Gasteiger partial charge in [-0.2, -0.15) is 0 Å². The summed E-state index contributed by atoms with van der Waals surface area (Å²) in [5, 5.41) is 1.18. The predicted octanol–water partition coefficient (Wildman–Crippen LogP) is 1.77. The van der Waals surface area contributed by atoms with Crippen LogP contribution in [0.25, 0.3) is 10.9 Å². The van der Waals surface area contributed by atoms with Crippen LogP contribution in [0.2, 0.25) is 0 Å². The van der Waals surface area contributed by atoms with E-state index in [2.05, 4.69) is 16.5 Å². The number of hydrogen-bond acceptors (Lipinski definition) is 3. The third-order valence-electron chi connectivity index (χ3n) is 2.66. The molecule has 1 heterocycles. The van der Waals surface area contributed by atoms with Gasteiger partial charge in [0.1, 0.15) is 6.61 Å². The number of alkyl halides is 1. The number of benzene rings is 1. The van der Waals surface area contributed by atoms with Gasteiger partial charge in [0, 0.05) is 23.6 Å². The number of ketones is 1. The second kappa shape index (κ2) is 6.28. The van der Waals surface area contributed by atoms with Gasteiger partial charge in [0.15, 0.2) is 12.5 Å². The van der Waals surface area contributed by atoms with Crippen LogP contribution in [0, 0.1) is 0 Å². The molecule has 0 radical (unpaired) electrons. The van der Waals surface area contributed by atoms with Gasteiger partial charge < -0.3 is 4.98 Å². The fourth-order valence-corrected chi connectivity index (χ4v) is 1.77. The molecule has 2 N–H and O–H groups in total. The van der Waals surface area contributed by atoms with Crippen molar-refractivity contribution in [1.29, 1.82) is 0 Å². The number of hydroxylamine groups is 1. The molecule has 0 aliphatic carbocycles. The van der Waals surface area contributed by atoms with Crippen molar-refractivity contribution < 1.29 is 14.0 Å². The van der Waals surface area contributed by atoms with E-state index in [-0.39, 0.29) is 6.61 Å². The van der Waals surface area contributed by atoms with Gasteiger partial charge in [-0.1, -0.05) is 18.2 Å². The number of fused-ring (bicyclic) bond motifs is 1. The molecule has 1 aromatic carbocycles. The summed E-state index contributed by atoms with van der Waals surface area (Å²) in [4.78, 5) is 18.7. The Hall–Kier alpha value is -1.72. The first-order valence-electron chi connectivity index (χ1n) is 5.78. The van der Waals surface area contributed by atoms with E-state index in [0.717, 1.165) is 11.9 Å². The second-order valence-electron chi connectivity index (χ2n) is 3.96. The number of H-pyrrole nitrogens is 1. The average Bonchev–Trinajstić information content (AvgIpc) is 2.81. The first-order chi connectivity index (χ1) is 8.81. The molecule has 1 aromatic heterocycles. The van der Waals surface area contributed by atoms with Crippen molar-refractivity contribution in [3.05, 3.63) is 36.0 Å². The highest BCUT2D eigenvalue weighted by Crippen LogP contribution is 2.17. The van der Waals surface area contributed by atoms with Crippen molar-refractivity contribution in [1.82, 2.24) is 10.5 Å². The first kappa shape index (κ1) is 12.7. The van der Waals surface area contributed by atoms with Crippen molar-refractivity contribution in [3.8, 4) is 0 Å². The van der Waals surface area contributed by atoms with Crippen LogP contribution in [0.3, 0.4) is 0 Å². The van der Waals surface area contributed by atoms with Crippen molar-refractivity contribution in [2.24, 2.45) is 0 Å². The summed E-state index contributed by atoms with van der Waals surface area (Å²) in [6.45, 7) is -0.643. The molecule has 96 valence electrons. The largest absolute Gasteiger partial charge is 0.361 e. The van der Waals surface area contributed by atoms with Gasteiger partial charge in [-0.25, -0.2) is 9.87 Å². The van der Waals surface area contributed by atoms with Crippen molar-refractivity contribution in [2.45, 2.75) is 6.42 Å². The molecular formula is C13H15FN2O2. The SMILES string of the molecule is O=C(CF)CONCCc1c[nH]c2ccccc12. The lowest BCUT2D eigenvalue weighted by molar-refractivity contribution is -0.127. The van der Waals surface area contributed by atoms with E-state index in [9.17, 15) is 9.18 Å². The zero-order valence-corrected chi connectivity index (χ0v) is 9.91. The van der Waals surface area contributed by atoms with Crippen LogP contribution >= 0.6 is 0 Å². The Labute approximate surface area is 104 Å². The zero-order valence-electron chi connectivity index (χ0n) is 9.91. The third-order valence-corrected chi connectivity index (χ3v) is 2.66. The molecule has 0 fully saturated rings. The van der Waals surface area contributed by atoms with Crippen molar-refractivity contribution >= 4 is 16.7 Å². The molecule has 2 rings (SSSR count). The maximum Gasteiger partial charge on any atom is 0.191 e. The number of halogens is 1. The summed E-state index contributed by atoms with van der Waals surface area (Å²) >= 11 is 0. The minimum atomic E-state index is -0.982. The molecule has 0 aliphatic rings. The molecule has 0 unspecified atom stereocenters. The van der Waals surface area contributed by atoms with E-state index >= 15 is 0 Å². The number of nitrogens with one attached hydrogen (secondary N) is 2. The van der Waals surface area contributed by atoms with E-state index in [0.29, 0.717) is 6.54 Å². The summed E-state index contributed by atoms with van der Waals surface area (Å²) < 4.78 is 11.8. The van der Waals surface area contributed by atoms with Gasteiger partial charge in [-0.15, -0.1) is 0 Å². The number of carbonyl (C=O) groups is 1. The molecule has 0 saturated heterocycles. The number of rotatable bonds is 7. The molecule has 4 nitrogen and oxygen atoms in total. The maximum atomic E-state index is 11.8. The molecule has 0 atom stereocenters. The van der Waals surface area contributed by atoms with Gasteiger partial charge in [0.25, 0.3) is 0 Å². The Morgan fingerprint density at radius 2 is 2.22 bits per heavy atom. The molecule has 2 aromatic rings. The van der Waals surface area contributed by atoms with E-state index in [1.54, 1.807) is 0 Å². The molecular weight excluding hydrogens is 235 g/mol. The van der Waals surface area contributed by atoms with Gasteiger partial charge in [0.2, 0.25) is 0 Å². The summed E-state index contributed by atoms with van der Waals surface area (Å²) in [5.41, 5.74) is 4.93. The molecule has 0 aliphatic heterocycles. The van der Waals surface area contributed by atoms with E-state index in [4.69, 9.17) is 4.84 Å². The molecule has 0 saturated carbocycles. The first-order valence-corrected chi connectivity index (χ1v) is 5.78. The minimum Gasteiger partial charge on any atom is -0.361 e. The number of aromatic nitrogens is 1. The van der Waals surface area contributed by atoms with Crippen LogP contribution in [0.15, 0.2) is 30.5 Å². The summed E-state index contributed by atoms with van der Waals surface area (Å²) in [6, 6.07) is 8.04. The quantitative estimate of drug-likeness (QED) is 0.581. The lowest BCUT2D eigenvalue weighted by Crippen LogP contribution is -2.22. The summed E-state index contributed by atoms with van der Waals surface area (Å²) in [7, 11) is 0. The van der Waals surface area contributed by atoms with E-state index in [1.807, 2.05) is 24.4 Å². The smallest absolute Gasteiger partial charge is 0.191 e. The number of aromatic amines is 1. The minimum absolute atomic E-state index is 0.232. The molecule has 0 amide bonds. The van der Waals surface area contributed by atoms with Crippen LogP contribution < -0.4 is 5.48 Å². The van der Waals surface area contributed by atoms with Gasteiger partial charge in [-0.3, -0.25) is 9.63 Å². The molecule has 18 heavy (non-hydrogen) atoms. The van der Waals surface area contributed by atoms with Gasteiger partial charge in [0.05, 0.1) is 0 Å². The van der Waals surface area contributed by atoms with Gasteiger partial charge in [-0.05, 0) is 18.1 Å². The summed E-state index contributed by atoms with van der Waals surface area (Å²) in [5.74, 6) is -0.561. The topological polar surface area (TPSA) is 54.1 Å². The Bertz CT molecular complexity index is 524. The van der Waals surface area contributed by atoms with Crippen LogP contribution in [-0.4, -0.2) is 30.6 Å². The molecule has 0 spiro atoms. The monoisotopic (exact) mass is 250 g/mol. The normalized spacial score (nSPS) is 10.9. The fourth-order valence-electron chi connectivity index (χ4n) is 1.77. The number of para-hydroxylation sites is 1. The van der Waals surface area contributed by atoms with Crippen LogP contribution in [-0.2, 0) is 16.1 Å². The maximum absolute atomic E-state index is 11.8. The van der Waals surface area contributed by atoms with E-state index < -0.39 is 12.5 Å². The van der Waals surface area contributed by atoms with Crippen LogP contribution in [0.5, 0.6) is 0 Å². The Balaban J connectivity index is 1.78. The Morgan fingerprint density at radius 3 is 3.06 bits per heavy atom. The zero-order chi connectivity index (χ0) is 12.8. The number of Topliss-reactive ketones (excluding diaryl/α,β-unsaturated/α-hetero) is 1. The van der Waals surface area contributed by atoms with Crippen LogP contribution in [0.4, 0.5) is 4.39 Å². The van der Waals surface area contributed by atoms with E-state index in [1.165, 1.54) is 10.9 Å². The second-order valence-corrected chi connectivity index (χ2v) is 3.96. The Kier molecular flexibility index (Phi) is 4.44. The standard InChI is InChI=1S/C13H15FN2O2/c14-7-11(17)9-18-16-6-5-10-8-15-13-4-2-1-3-12(10)13/h1-4,8,15-16H,5-7,9H2. The lowest BCUT2D eigenvalue weighted by atomic mass is 10.1. The third kappa shape index (κ3) is 3.15. The number of hydrogen-bond donors (Lipinski definition) is 2. The fraction of sp³-hybridized carbons (Fsp3) is 0.308. The van der Waals surface area contributed by atoms with Crippen molar-refractivity contribution in [3.63, 3.8) is 0 Å². The predicted molar refractivity (Wildman–Crippen MR) is 66.9 cm³/mol. The average molecular weight is 250 g/mol. The lowest BCUT2D eigenvalue weighted by Gasteiger charge is -2.03. The van der Waals surface area contributed by atoms with Crippen molar-refractivity contribution in [2.75, 3.05) is 19.8 Å². The highest BCUT2D eigenvalue weighted by molar-refractivity contribution is 5.83. The molecule has 0 bridgehead atoms. The number of carbonyl (C=O) groups excluding carboxylic acids is 1.